The van der Waals surface area contributed by atoms with Gasteiger partial charge >= 0.3 is 0 Å². The fourth-order valence-corrected chi connectivity index (χ4v) is 2.58. The highest BCUT2D eigenvalue weighted by atomic mass is 79.9. The number of halogens is 2. The molecule has 1 atom stereocenters. The predicted octanol–water partition coefficient (Wildman–Crippen LogP) is 1.46. The third kappa shape index (κ3) is 3.32. The molecule has 0 radical (unpaired) electrons. The average molecular weight is 329 g/mol. The first kappa shape index (κ1) is 14.0. The van der Waals surface area contributed by atoms with E-state index in [4.69, 9.17) is 5.73 Å². The lowest BCUT2D eigenvalue weighted by molar-refractivity contribution is -0.129. The first-order valence-electron chi connectivity index (χ1n) is 5.98. The number of nitrogens with zero attached hydrogens (tertiary/aromatic N) is 1. The molecule has 1 aliphatic heterocycles. The minimum Gasteiger partial charge on any atom is -0.369 e. The van der Waals surface area contributed by atoms with Crippen molar-refractivity contribution < 1.29 is 14.0 Å². The minimum atomic E-state index is -0.361. The summed E-state index contributed by atoms with van der Waals surface area (Å²) in [7, 11) is 0. The molecule has 4 nitrogen and oxygen atoms in total. The van der Waals surface area contributed by atoms with Gasteiger partial charge in [0.1, 0.15) is 5.82 Å². The van der Waals surface area contributed by atoms with Crippen LogP contribution in [0.1, 0.15) is 12.0 Å². The molecule has 0 bridgehead atoms. The highest BCUT2D eigenvalue weighted by Gasteiger charge is 2.29. The summed E-state index contributed by atoms with van der Waals surface area (Å²) in [5, 5.41) is 0. The van der Waals surface area contributed by atoms with Crippen LogP contribution in [-0.2, 0) is 16.0 Å². The predicted molar refractivity (Wildman–Crippen MR) is 71.7 cm³/mol. The smallest absolute Gasteiger partial charge is 0.227 e. The van der Waals surface area contributed by atoms with Crippen LogP contribution in [0.4, 0.5) is 4.39 Å². The van der Waals surface area contributed by atoms with E-state index in [1.807, 2.05) is 0 Å². The average Bonchev–Trinajstić information content (AvgIpc) is 2.83. The van der Waals surface area contributed by atoms with E-state index in [1.54, 1.807) is 17.0 Å². The number of amides is 2. The van der Waals surface area contributed by atoms with Crippen molar-refractivity contribution in [1.82, 2.24) is 4.90 Å². The molecule has 2 rings (SSSR count). The van der Waals surface area contributed by atoms with E-state index in [1.165, 1.54) is 6.07 Å². The summed E-state index contributed by atoms with van der Waals surface area (Å²) in [6.07, 6.45) is 0.818. The standard InChI is InChI=1S/C13H14BrFN2O2/c14-10-5-8(1-2-11(10)15)6-12(18)17-4-3-9(7-17)13(16)19/h1-2,5,9H,3-4,6-7H2,(H2,16,19)/t9-/m1/s1. The number of benzene rings is 1. The van der Waals surface area contributed by atoms with Gasteiger partial charge in [-0.2, -0.15) is 0 Å². The number of nitrogens with two attached hydrogens (primary N) is 1. The molecule has 1 fully saturated rings. The van der Waals surface area contributed by atoms with E-state index in [2.05, 4.69) is 15.9 Å². The van der Waals surface area contributed by atoms with Gasteiger partial charge in [0.2, 0.25) is 11.8 Å². The third-order valence-corrected chi connectivity index (χ3v) is 3.89. The van der Waals surface area contributed by atoms with Crippen LogP contribution in [-0.4, -0.2) is 29.8 Å². The van der Waals surface area contributed by atoms with E-state index in [-0.39, 0.29) is 30.0 Å². The second-order valence-electron chi connectivity index (χ2n) is 4.65. The lowest BCUT2D eigenvalue weighted by atomic mass is 10.1. The number of hydrogen-bond donors (Lipinski definition) is 1. The van der Waals surface area contributed by atoms with Gasteiger partial charge in [-0.1, -0.05) is 6.07 Å². The zero-order valence-corrected chi connectivity index (χ0v) is 11.8. The maximum atomic E-state index is 13.1. The molecule has 19 heavy (non-hydrogen) atoms. The van der Waals surface area contributed by atoms with Crippen molar-refractivity contribution in [3.63, 3.8) is 0 Å². The Hall–Kier alpha value is -1.43. The van der Waals surface area contributed by atoms with Gasteiger partial charge in [0.25, 0.3) is 0 Å². The Balaban J connectivity index is 1.98. The summed E-state index contributed by atoms with van der Waals surface area (Å²) in [4.78, 5) is 24.7. The van der Waals surface area contributed by atoms with Crippen molar-refractivity contribution in [1.29, 1.82) is 0 Å². The molecule has 0 aromatic heterocycles. The Morgan fingerprint density at radius 2 is 2.21 bits per heavy atom. The van der Waals surface area contributed by atoms with Crippen LogP contribution in [0.2, 0.25) is 0 Å². The second kappa shape index (κ2) is 5.69. The number of hydrogen-bond acceptors (Lipinski definition) is 2. The topological polar surface area (TPSA) is 63.4 Å². The molecule has 6 heteroatoms. The maximum Gasteiger partial charge on any atom is 0.227 e. The molecule has 1 aliphatic rings. The molecule has 0 unspecified atom stereocenters. The summed E-state index contributed by atoms with van der Waals surface area (Å²) >= 11 is 3.09. The molecule has 1 saturated heterocycles. The van der Waals surface area contributed by atoms with Gasteiger partial charge in [-0.25, -0.2) is 4.39 Å². The second-order valence-corrected chi connectivity index (χ2v) is 5.51. The molecule has 1 heterocycles. The van der Waals surface area contributed by atoms with Crippen LogP contribution in [0.5, 0.6) is 0 Å². The van der Waals surface area contributed by atoms with Crippen LogP contribution >= 0.6 is 15.9 Å². The zero-order chi connectivity index (χ0) is 14.0. The first-order valence-corrected chi connectivity index (χ1v) is 6.77. The van der Waals surface area contributed by atoms with Crippen LogP contribution < -0.4 is 5.73 Å². The summed E-state index contributed by atoms with van der Waals surface area (Å²) in [6, 6.07) is 4.50. The highest BCUT2D eigenvalue weighted by Crippen LogP contribution is 2.20. The van der Waals surface area contributed by atoms with Gasteiger partial charge in [0.15, 0.2) is 0 Å². The van der Waals surface area contributed by atoms with Gasteiger partial charge in [0, 0.05) is 13.1 Å². The van der Waals surface area contributed by atoms with E-state index in [0.29, 0.717) is 24.0 Å². The lowest BCUT2D eigenvalue weighted by Crippen LogP contribution is -2.32. The van der Waals surface area contributed by atoms with E-state index >= 15 is 0 Å². The van der Waals surface area contributed by atoms with Gasteiger partial charge < -0.3 is 10.6 Å². The van der Waals surface area contributed by atoms with Crippen molar-refractivity contribution in [2.75, 3.05) is 13.1 Å². The Bertz CT molecular complexity index is 521. The summed E-state index contributed by atoms with van der Waals surface area (Å²) < 4.78 is 13.4. The normalized spacial score (nSPS) is 18.6. The van der Waals surface area contributed by atoms with Gasteiger partial charge in [0.05, 0.1) is 16.8 Å². The quantitative estimate of drug-likeness (QED) is 0.913. The first-order chi connectivity index (χ1) is 8.97. The molecule has 0 aliphatic carbocycles. The molecule has 1 aromatic carbocycles. The van der Waals surface area contributed by atoms with Crippen molar-refractivity contribution >= 4 is 27.7 Å². The molecule has 2 N–H and O–H groups in total. The van der Waals surface area contributed by atoms with E-state index in [0.717, 1.165) is 5.56 Å². The van der Waals surface area contributed by atoms with Crippen molar-refractivity contribution in [3.8, 4) is 0 Å². The SMILES string of the molecule is NC(=O)[C@@H]1CCN(C(=O)Cc2ccc(F)c(Br)c2)C1. The summed E-state index contributed by atoms with van der Waals surface area (Å²) in [6.45, 7) is 0.936. The van der Waals surface area contributed by atoms with Crippen molar-refractivity contribution in [2.45, 2.75) is 12.8 Å². The number of carbonyl (C=O) groups excluding carboxylic acids is 2. The molecular weight excluding hydrogens is 315 g/mol. The fourth-order valence-electron chi connectivity index (χ4n) is 2.16. The fraction of sp³-hybridized carbons (Fsp3) is 0.385. The number of primary amides is 1. The monoisotopic (exact) mass is 328 g/mol. The van der Waals surface area contributed by atoms with Gasteiger partial charge in [-0.05, 0) is 40.0 Å². The molecule has 1 aromatic rings. The number of carbonyl (C=O) groups is 2. The lowest BCUT2D eigenvalue weighted by Gasteiger charge is -2.16. The third-order valence-electron chi connectivity index (χ3n) is 3.28. The van der Waals surface area contributed by atoms with Crippen LogP contribution in [0.15, 0.2) is 22.7 Å². The minimum absolute atomic E-state index is 0.0674. The Kier molecular flexibility index (Phi) is 4.19. The Morgan fingerprint density at radius 3 is 2.79 bits per heavy atom. The van der Waals surface area contributed by atoms with Crippen LogP contribution in [0.3, 0.4) is 0 Å². The van der Waals surface area contributed by atoms with Crippen LogP contribution in [0, 0.1) is 11.7 Å². The van der Waals surface area contributed by atoms with Gasteiger partial charge in [-0.15, -0.1) is 0 Å². The zero-order valence-electron chi connectivity index (χ0n) is 10.2. The van der Waals surface area contributed by atoms with E-state index < -0.39 is 0 Å². The molecule has 0 spiro atoms. The Labute approximate surface area is 118 Å². The number of rotatable bonds is 3. The number of likely N-dealkylation sites (tertiary alicyclic amines) is 1. The molecule has 102 valence electrons. The largest absolute Gasteiger partial charge is 0.369 e. The van der Waals surface area contributed by atoms with E-state index in [9.17, 15) is 14.0 Å². The molecule has 2 amide bonds. The molecule has 0 saturated carbocycles. The van der Waals surface area contributed by atoms with Crippen molar-refractivity contribution in [3.05, 3.63) is 34.1 Å². The highest BCUT2D eigenvalue weighted by molar-refractivity contribution is 9.10. The van der Waals surface area contributed by atoms with Crippen LogP contribution in [0.25, 0.3) is 0 Å². The van der Waals surface area contributed by atoms with Gasteiger partial charge in [-0.3, -0.25) is 9.59 Å². The maximum absolute atomic E-state index is 13.1. The summed E-state index contributed by atoms with van der Waals surface area (Å²) in [5.74, 6) is -1.03. The Morgan fingerprint density at radius 1 is 1.47 bits per heavy atom. The summed E-state index contributed by atoms with van der Waals surface area (Å²) in [5.41, 5.74) is 5.96. The molecular formula is C13H14BrFN2O2. The van der Waals surface area contributed by atoms with Crippen molar-refractivity contribution in [2.24, 2.45) is 11.7 Å².